The first-order chi connectivity index (χ1) is 10.6. The molecular formula is C20H30N2. The minimum absolute atomic E-state index is 0.570. The highest BCUT2D eigenvalue weighted by Crippen LogP contribution is 2.41. The van der Waals surface area contributed by atoms with Crippen LogP contribution in [0.5, 0.6) is 0 Å². The van der Waals surface area contributed by atoms with Crippen molar-refractivity contribution in [2.75, 3.05) is 0 Å². The van der Waals surface area contributed by atoms with E-state index >= 15 is 0 Å². The molecule has 0 aliphatic heterocycles. The van der Waals surface area contributed by atoms with Crippen LogP contribution in [0.3, 0.4) is 0 Å². The van der Waals surface area contributed by atoms with Crippen molar-refractivity contribution in [2.45, 2.75) is 77.3 Å². The molecule has 3 rings (SSSR count). The van der Waals surface area contributed by atoms with Crippen molar-refractivity contribution in [3.8, 4) is 0 Å². The highest BCUT2D eigenvalue weighted by molar-refractivity contribution is 5.19. The second kappa shape index (κ2) is 6.36. The van der Waals surface area contributed by atoms with Crippen LogP contribution in [-0.2, 0) is 0 Å². The lowest BCUT2D eigenvalue weighted by atomic mass is 9.79. The average Bonchev–Trinajstić information content (AvgIpc) is 3.16. The molecule has 0 N–H and O–H groups in total. The molecule has 2 aromatic rings. The number of hydrogen-bond donors (Lipinski definition) is 0. The monoisotopic (exact) mass is 298 g/mol. The van der Waals surface area contributed by atoms with Gasteiger partial charge >= 0.3 is 0 Å². The van der Waals surface area contributed by atoms with Gasteiger partial charge in [0.05, 0.1) is 0 Å². The van der Waals surface area contributed by atoms with Crippen LogP contribution in [0.4, 0.5) is 0 Å². The molecule has 0 saturated heterocycles. The number of nitrogens with zero attached hydrogens (tertiary/aromatic N) is 2. The van der Waals surface area contributed by atoms with Crippen molar-refractivity contribution < 1.29 is 0 Å². The molecule has 1 aliphatic rings. The van der Waals surface area contributed by atoms with Gasteiger partial charge in [0, 0.05) is 35.9 Å². The van der Waals surface area contributed by atoms with E-state index in [2.05, 4.69) is 73.5 Å². The second-order valence-electron chi connectivity index (χ2n) is 7.42. The van der Waals surface area contributed by atoms with Crippen LogP contribution in [0, 0.1) is 0 Å². The van der Waals surface area contributed by atoms with E-state index in [1.165, 1.54) is 25.7 Å². The topological polar surface area (TPSA) is 9.86 Å². The molecule has 22 heavy (non-hydrogen) atoms. The van der Waals surface area contributed by atoms with Gasteiger partial charge in [-0.15, -0.1) is 0 Å². The highest BCUT2D eigenvalue weighted by Gasteiger charge is 2.27. The van der Waals surface area contributed by atoms with Gasteiger partial charge in [0.1, 0.15) is 0 Å². The number of rotatable bonds is 4. The quantitative estimate of drug-likeness (QED) is 0.665. The van der Waals surface area contributed by atoms with Gasteiger partial charge in [-0.25, -0.2) is 0 Å². The molecule has 1 fully saturated rings. The molecule has 2 nitrogen and oxygen atoms in total. The maximum atomic E-state index is 2.46. The van der Waals surface area contributed by atoms with Crippen LogP contribution in [0.2, 0.25) is 0 Å². The summed E-state index contributed by atoms with van der Waals surface area (Å²) in [6.07, 6.45) is 9.79. The van der Waals surface area contributed by atoms with E-state index in [0.717, 1.165) is 11.8 Å². The minimum atomic E-state index is 0.570. The standard InChI is InChI=1S/C20H30N2/c1-15(2)21-13-5-7-19(21)17-9-11-18(12-10-17)20-8-6-14-22(20)16(3)4/h5-8,13-18H,9-12H2,1-4H3. The third-order valence-corrected chi connectivity index (χ3v) is 5.30. The van der Waals surface area contributed by atoms with Crippen LogP contribution in [0.25, 0.3) is 0 Å². The first kappa shape index (κ1) is 15.5. The van der Waals surface area contributed by atoms with E-state index in [1.54, 1.807) is 11.4 Å². The summed E-state index contributed by atoms with van der Waals surface area (Å²) in [5.74, 6) is 1.49. The maximum absolute atomic E-state index is 2.46. The fraction of sp³-hybridized carbons (Fsp3) is 0.600. The zero-order valence-corrected chi connectivity index (χ0v) is 14.5. The molecule has 120 valence electrons. The van der Waals surface area contributed by atoms with E-state index in [-0.39, 0.29) is 0 Å². The fourth-order valence-corrected chi connectivity index (χ4v) is 4.13. The lowest BCUT2D eigenvalue weighted by Gasteiger charge is -2.31. The average molecular weight is 298 g/mol. The summed E-state index contributed by atoms with van der Waals surface area (Å²) in [7, 11) is 0. The Morgan fingerprint density at radius 1 is 0.727 bits per heavy atom. The van der Waals surface area contributed by atoms with Gasteiger partial charge in [0.25, 0.3) is 0 Å². The smallest absolute Gasteiger partial charge is 0.0276 e. The van der Waals surface area contributed by atoms with E-state index < -0.39 is 0 Å². The largest absolute Gasteiger partial charge is 0.349 e. The lowest BCUT2D eigenvalue weighted by molar-refractivity contribution is 0.362. The Hall–Kier alpha value is -1.44. The molecule has 1 saturated carbocycles. The van der Waals surface area contributed by atoms with E-state index in [0.29, 0.717) is 12.1 Å². The lowest BCUT2D eigenvalue weighted by Crippen LogP contribution is -2.18. The van der Waals surface area contributed by atoms with Gasteiger partial charge in [-0.2, -0.15) is 0 Å². The molecule has 0 radical (unpaired) electrons. The molecular weight excluding hydrogens is 268 g/mol. The van der Waals surface area contributed by atoms with Gasteiger partial charge in [-0.05, 0) is 89.5 Å². The Balaban J connectivity index is 1.70. The Morgan fingerprint density at radius 3 is 1.41 bits per heavy atom. The molecule has 0 aromatic carbocycles. The number of aromatic nitrogens is 2. The van der Waals surface area contributed by atoms with Crippen LogP contribution in [0.15, 0.2) is 36.7 Å². The Morgan fingerprint density at radius 2 is 1.09 bits per heavy atom. The van der Waals surface area contributed by atoms with Crippen molar-refractivity contribution in [3.63, 3.8) is 0 Å². The predicted molar refractivity (Wildman–Crippen MR) is 93.6 cm³/mol. The summed E-state index contributed by atoms with van der Waals surface area (Å²) in [6, 6.07) is 10.2. The van der Waals surface area contributed by atoms with Crippen LogP contribution >= 0.6 is 0 Å². The molecule has 0 spiro atoms. The van der Waals surface area contributed by atoms with Crippen molar-refractivity contribution in [2.24, 2.45) is 0 Å². The molecule has 2 heteroatoms. The van der Waals surface area contributed by atoms with E-state index in [4.69, 9.17) is 0 Å². The minimum Gasteiger partial charge on any atom is -0.349 e. The van der Waals surface area contributed by atoms with Crippen molar-refractivity contribution in [1.29, 1.82) is 0 Å². The third kappa shape index (κ3) is 2.88. The predicted octanol–water partition coefficient (Wildman–Crippen LogP) is 5.89. The first-order valence-corrected chi connectivity index (χ1v) is 8.91. The zero-order valence-electron chi connectivity index (χ0n) is 14.5. The van der Waals surface area contributed by atoms with Crippen LogP contribution < -0.4 is 0 Å². The van der Waals surface area contributed by atoms with Crippen molar-refractivity contribution >= 4 is 0 Å². The summed E-state index contributed by atoms with van der Waals surface area (Å²) in [6.45, 7) is 9.13. The summed E-state index contributed by atoms with van der Waals surface area (Å²) in [5, 5.41) is 0. The van der Waals surface area contributed by atoms with Gasteiger partial charge in [-0.1, -0.05) is 0 Å². The van der Waals surface area contributed by atoms with Crippen LogP contribution in [0.1, 0.15) is 88.7 Å². The van der Waals surface area contributed by atoms with Gasteiger partial charge in [-0.3, -0.25) is 0 Å². The summed E-state index contributed by atoms with van der Waals surface area (Å²) in [4.78, 5) is 0. The Bertz CT molecular complexity index is 541. The molecule has 0 bridgehead atoms. The maximum Gasteiger partial charge on any atom is 0.0276 e. The molecule has 1 aliphatic carbocycles. The summed E-state index contributed by atoms with van der Waals surface area (Å²) < 4.78 is 4.92. The second-order valence-corrected chi connectivity index (χ2v) is 7.42. The molecule has 2 heterocycles. The summed E-state index contributed by atoms with van der Waals surface area (Å²) >= 11 is 0. The van der Waals surface area contributed by atoms with Crippen molar-refractivity contribution in [1.82, 2.24) is 9.13 Å². The molecule has 0 unspecified atom stereocenters. The van der Waals surface area contributed by atoms with Gasteiger partial charge < -0.3 is 9.13 Å². The van der Waals surface area contributed by atoms with E-state index in [1.807, 2.05) is 0 Å². The first-order valence-electron chi connectivity index (χ1n) is 8.91. The zero-order chi connectivity index (χ0) is 15.7. The van der Waals surface area contributed by atoms with Crippen LogP contribution in [-0.4, -0.2) is 9.13 Å². The molecule has 0 amide bonds. The van der Waals surface area contributed by atoms with Gasteiger partial charge in [0.2, 0.25) is 0 Å². The molecule has 2 aromatic heterocycles. The highest BCUT2D eigenvalue weighted by atomic mass is 15.0. The number of hydrogen-bond acceptors (Lipinski definition) is 0. The summed E-state index contributed by atoms with van der Waals surface area (Å²) in [5.41, 5.74) is 3.10. The van der Waals surface area contributed by atoms with E-state index in [9.17, 15) is 0 Å². The van der Waals surface area contributed by atoms with Gasteiger partial charge in [0.15, 0.2) is 0 Å². The van der Waals surface area contributed by atoms with Crippen molar-refractivity contribution in [3.05, 3.63) is 48.0 Å². The third-order valence-electron chi connectivity index (χ3n) is 5.30. The molecule has 0 atom stereocenters. The Kier molecular flexibility index (Phi) is 4.46. The SMILES string of the molecule is CC(C)n1cccc1C1CCC(c2cccn2C(C)C)CC1. The normalized spacial score (nSPS) is 22.6. The Labute approximate surface area is 135 Å². The fourth-order valence-electron chi connectivity index (χ4n) is 4.13.